The zero-order chi connectivity index (χ0) is 12.9. The Morgan fingerprint density at radius 1 is 0.842 bits per heavy atom. The van der Waals surface area contributed by atoms with Gasteiger partial charge in [0.1, 0.15) is 0 Å². The second kappa shape index (κ2) is 6.62. The van der Waals surface area contributed by atoms with Gasteiger partial charge < -0.3 is 9.64 Å². The number of nitrogens with zero attached hydrogens (tertiary/aromatic N) is 2. The number of hydrogen-bond donors (Lipinski definition) is 0. The second-order valence-corrected chi connectivity index (χ2v) is 6.39. The SMILES string of the molecule is C1CCC(N=C2OCCCN2C2CCCCC2)CC1. The average Bonchev–Trinajstić information content (AvgIpc) is 2.50. The molecule has 0 atom stereocenters. The Hall–Kier alpha value is -0.730. The average molecular weight is 264 g/mol. The Morgan fingerprint density at radius 3 is 2.26 bits per heavy atom. The molecule has 0 aromatic heterocycles. The van der Waals surface area contributed by atoms with Gasteiger partial charge in [0.05, 0.1) is 12.6 Å². The summed E-state index contributed by atoms with van der Waals surface area (Å²) in [4.78, 5) is 7.47. The Balaban J connectivity index is 1.66. The third-order valence-corrected chi connectivity index (χ3v) is 4.90. The van der Waals surface area contributed by atoms with E-state index in [9.17, 15) is 0 Å². The van der Waals surface area contributed by atoms with Gasteiger partial charge in [-0.05, 0) is 32.1 Å². The molecule has 2 saturated carbocycles. The van der Waals surface area contributed by atoms with Crippen LogP contribution in [-0.2, 0) is 4.74 Å². The smallest absolute Gasteiger partial charge is 0.287 e. The summed E-state index contributed by atoms with van der Waals surface area (Å²) in [5.74, 6) is 0. The Kier molecular flexibility index (Phi) is 4.62. The number of amidine groups is 1. The van der Waals surface area contributed by atoms with E-state index in [-0.39, 0.29) is 0 Å². The zero-order valence-corrected chi connectivity index (χ0v) is 12.1. The minimum Gasteiger partial charge on any atom is -0.465 e. The van der Waals surface area contributed by atoms with Gasteiger partial charge in [-0.15, -0.1) is 0 Å². The Morgan fingerprint density at radius 2 is 1.53 bits per heavy atom. The van der Waals surface area contributed by atoms with E-state index in [0.717, 1.165) is 19.2 Å². The molecule has 3 aliphatic rings. The standard InChI is InChI=1S/C16H28N2O/c1-3-8-14(9-4-1)17-16-18(12-7-13-19-16)15-10-5-2-6-11-15/h14-15H,1-13H2. The van der Waals surface area contributed by atoms with E-state index in [0.29, 0.717) is 12.1 Å². The number of rotatable bonds is 2. The highest BCUT2D eigenvalue weighted by Gasteiger charge is 2.28. The Bertz CT molecular complexity index is 304. The summed E-state index contributed by atoms with van der Waals surface area (Å²) in [5.41, 5.74) is 0. The van der Waals surface area contributed by atoms with Crippen LogP contribution in [0.2, 0.25) is 0 Å². The highest BCUT2D eigenvalue weighted by atomic mass is 16.5. The highest BCUT2D eigenvalue weighted by molar-refractivity contribution is 5.75. The van der Waals surface area contributed by atoms with Crippen LogP contribution in [0.4, 0.5) is 0 Å². The maximum atomic E-state index is 5.92. The van der Waals surface area contributed by atoms with Crippen LogP contribution in [-0.4, -0.2) is 36.2 Å². The molecule has 3 rings (SSSR count). The largest absolute Gasteiger partial charge is 0.465 e. The fourth-order valence-electron chi connectivity index (χ4n) is 3.79. The van der Waals surface area contributed by atoms with Gasteiger partial charge in [-0.25, -0.2) is 4.99 Å². The molecule has 19 heavy (non-hydrogen) atoms. The van der Waals surface area contributed by atoms with Crippen molar-refractivity contribution in [3.05, 3.63) is 0 Å². The van der Waals surface area contributed by atoms with Gasteiger partial charge in [0.25, 0.3) is 6.02 Å². The van der Waals surface area contributed by atoms with Crippen molar-refractivity contribution in [3.63, 3.8) is 0 Å². The van der Waals surface area contributed by atoms with Gasteiger partial charge in [0, 0.05) is 12.6 Å². The van der Waals surface area contributed by atoms with Crippen molar-refractivity contribution < 1.29 is 4.74 Å². The lowest BCUT2D eigenvalue weighted by Crippen LogP contribution is -2.47. The van der Waals surface area contributed by atoms with Gasteiger partial charge in [-0.3, -0.25) is 0 Å². The van der Waals surface area contributed by atoms with Crippen molar-refractivity contribution in [1.82, 2.24) is 4.90 Å². The van der Waals surface area contributed by atoms with Crippen LogP contribution < -0.4 is 0 Å². The molecule has 0 bridgehead atoms. The molecule has 0 spiro atoms. The lowest BCUT2D eigenvalue weighted by molar-refractivity contribution is 0.123. The summed E-state index contributed by atoms with van der Waals surface area (Å²) in [7, 11) is 0. The molecule has 2 aliphatic carbocycles. The molecule has 0 N–H and O–H groups in total. The van der Waals surface area contributed by atoms with E-state index in [1.54, 1.807) is 0 Å². The summed E-state index contributed by atoms with van der Waals surface area (Å²) in [6, 6.07) is 2.23. The van der Waals surface area contributed by atoms with Crippen LogP contribution in [0.1, 0.15) is 70.6 Å². The molecule has 3 fully saturated rings. The summed E-state index contributed by atoms with van der Waals surface area (Å²) in [6.07, 6.45) is 14.7. The predicted octanol–water partition coefficient (Wildman–Crippen LogP) is 3.73. The minimum atomic E-state index is 0.535. The van der Waals surface area contributed by atoms with E-state index in [2.05, 4.69) is 4.90 Å². The fourth-order valence-corrected chi connectivity index (χ4v) is 3.79. The van der Waals surface area contributed by atoms with Crippen molar-refractivity contribution in [1.29, 1.82) is 0 Å². The molecule has 3 heteroatoms. The molecule has 0 amide bonds. The first-order valence-electron chi connectivity index (χ1n) is 8.41. The first-order valence-corrected chi connectivity index (χ1v) is 8.41. The summed E-state index contributed by atoms with van der Waals surface area (Å²) in [6.45, 7) is 2.03. The van der Waals surface area contributed by atoms with Crippen LogP contribution >= 0.6 is 0 Å². The lowest BCUT2D eigenvalue weighted by Gasteiger charge is -2.39. The fraction of sp³-hybridized carbons (Fsp3) is 0.938. The van der Waals surface area contributed by atoms with Crippen LogP contribution in [0, 0.1) is 0 Å². The summed E-state index contributed by atoms with van der Waals surface area (Å²) < 4.78 is 5.92. The van der Waals surface area contributed by atoms with Crippen molar-refractivity contribution in [2.24, 2.45) is 4.99 Å². The molecule has 108 valence electrons. The topological polar surface area (TPSA) is 24.8 Å². The molecule has 3 nitrogen and oxygen atoms in total. The maximum absolute atomic E-state index is 5.92. The molecule has 0 unspecified atom stereocenters. The first-order chi connectivity index (χ1) is 9.43. The minimum absolute atomic E-state index is 0.535. The third kappa shape index (κ3) is 3.43. The first kappa shape index (κ1) is 13.3. The molecule has 1 aliphatic heterocycles. The quantitative estimate of drug-likeness (QED) is 0.759. The van der Waals surface area contributed by atoms with E-state index in [1.165, 1.54) is 70.6 Å². The van der Waals surface area contributed by atoms with Gasteiger partial charge in [0.15, 0.2) is 0 Å². The number of aliphatic imine (C=N–C) groups is 1. The van der Waals surface area contributed by atoms with Crippen LogP contribution in [0.3, 0.4) is 0 Å². The third-order valence-electron chi connectivity index (χ3n) is 4.90. The predicted molar refractivity (Wildman–Crippen MR) is 78.5 cm³/mol. The van der Waals surface area contributed by atoms with Crippen molar-refractivity contribution in [2.45, 2.75) is 82.7 Å². The molecule has 1 saturated heterocycles. The van der Waals surface area contributed by atoms with E-state index >= 15 is 0 Å². The summed E-state index contributed by atoms with van der Waals surface area (Å²) in [5, 5.41) is 0. The van der Waals surface area contributed by atoms with E-state index < -0.39 is 0 Å². The van der Waals surface area contributed by atoms with Crippen LogP contribution in [0.5, 0.6) is 0 Å². The zero-order valence-electron chi connectivity index (χ0n) is 12.1. The Labute approximate surface area is 117 Å². The van der Waals surface area contributed by atoms with E-state index in [4.69, 9.17) is 9.73 Å². The van der Waals surface area contributed by atoms with Gasteiger partial charge in [-0.2, -0.15) is 0 Å². The number of hydrogen-bond acceptors (Lipinski definition) is 2. The van der Waals surface area contributed by atoms with Crippen molar-refractivity contribution >= 4 is 6.02 Å². The maximum Gasteiger partial charge on any atom is 0.287 e. The normalized spacial score (nSPS) is 29.5. The van der Waals surface area contributed by atoms with Crippen LogP contribution in [0.25, 0.3) is 0 Å². The molecule has 1 heterocycles. The molecular formula is C16H28N2O. The van der Waals surface area contributed by atoms with Crippen molar-refractivity contribution in [2.75, 3.05) is 13.2 Å². The van der Waals surface area contributed by atoms with E-state index in [1.807, 2.05) is 0 Å². The summed E-state index contributed by atoms with van der Waals surface area (Å²) >= 11 is 0. The monoisotopic (exact) mass is 264 g/mol. The second-order valence-electron chi connectivity index (χ2n) is 6.39. The number of ether oxygens (including phenoxy) is 1. The molecule has 0 aromatic carbocycles. The van der Waals surface area contributed by atoms with Crippen LogP contribution in [0.15, 0.2) is 4.99 Å². The van der Waals surface area contributed by atoms with Gasteiger partial charge in [0.2, 0.25) is 0 Å². The molecule has 0 radical (unpaired) electrons. The molecular weight excluding hydrogens is 236 g/mol. The highest BCUT2D eigenvalue weighted by Crippen LogP contribution is 2.26. The van der Waals surface area contributed by atoms with Crippen molar-refractivity contribution in [3.8, 4) is 0 Å². The van der Waals surface area contributed by atoms with Gasteiger partial charge in [-0.1, -0.05) is 38.5 Å². The molecule has 0 aromatic rings. The van der Waals surface area contributed by atoms with Gasteiger partial charge >= 0.3 is 0 Å². The lowest BCUT2D eigenvalue weighted by atomic mass is 9.94.